The topological polar surface area (TPSA) is 49.5 Å². The fraction of sp³-hybridized carbons (Fsp3) is 0.571. The van der Waals surface area contributed by atoms with E-state index in [1.54, 1.807) is 0 Å². The molecule has 3 heteroatoms. The van der Waals surface area contributed by atoms with Gasteiger partial charge in [0.2, 0.25) is 0 Å². The molecule has 94 valence electrons. The average Bonchev–Trinajstić information content (AvgIpc) is 2.44. The van der Waals surface area contributed by atoms with Crippen LogP contribution in [-0.4, -0.2) is 28.7 Å². The number of likely N-dealkylation sites (tertiary alicyclic amines) is 1. The van der Waals surface area contributed by atoms with Gasteiger partial charge < -0.3 is 10.8 Å². The van der Waals surface area contributed by atoms with Gasteiger partial charge in [0, 0.05) is 18.8 Å². The lowest BCUT2D eigenvalue weighted by molar-refractivity contribution is 0.0444. The van der Waals surface area contributed by atoms with Crippen LogP contribution in [0.4, 0.5) is 5.69 Å². The van der Waals surface area contributed by atoms with E-state index >= 15 is 0 Å². The van der Waals surface area contributed by atoms with Crippen molar-refractivity contribution in [3.63, 3.8) is 0 Å². The minimum absolute atomic E-state index is 0.476. The Labute approximate surface area is 103 Å². The summed E-state index contributed by atoms with van der Waals surface area (Å²) in [6.45, 7) is 4.94. The zero-order chi connectivity index (χ0) is 12.3. The highest BCUT2D eigenvalue weighted by Gasteiger charge is 2.24. The molecule has 0 spiro atoms. The van der Waals surface area contributed by atoms with Crippen LogP contribution < -0.4 is 5.73 Å². The Hall–Kier alpha value is -1.06. The molecule has 0 aliphatic carbocycles. The third kappa shape index (κ3) is 3.72. The number of nitrogens with zero attached hydrogens (tertiary/aromatic N) is 1. The van der Waals surface area contributed by atoms with Crippen LogP contribution in [0.5, 0.6) is 0 Å². The Morgan fingerprint density at radius 2 is 1.94 bits per heavy atom. The van der Waals surface area contributed by atoms with Gasteiger partial charge in [0.1, 0.15) is 0 Å². The number of anilines is 1. The summed E-state index contributed by atoms with van der Waals surface area (Å²) in [6.07, 6.45) is 2.84. The van der Waals surface area contributed by atoms with Gasteiger partial charge >= 0.3 is 0 Å². The highest BCUT2D eigenvalue weighted by atomic mass is 16.3. The van der Waals surface area contributed by atoms with Gasteiger partial charge in [-0.2, -0.15) is 0 Å². The summed E-state index contributed by atoms with van der Waals surface area (Å²) < 4.78 is 0. The largest absolute Gasteiger partial charge is 0.399 e. The lowest BCUT2D eigenvalue weighted by Crippen LogP contribution is -2.28. The maximum Gasteiger partial charge on any atom is 0.0632 e. The van der Waals surface area contributed by atoms with E-state index in [-0.39, 0.29) is 0 Å². The monoisotopic (exact) mass is 234 g/mol. The van der Waals surface area contributed by atoms with Crippen molar-refractivity contribution in [3.05, 3.63) is 29.8 Å². The molecule has 0 saturated carbocycles. The minimum atomic E-state index is -0.476. The summed E-state index contributed by atoms with van der Waals surface area (Å²) in [5.74, 6) is 0. The number of nitrogens with two attached hydrogens (primary N) is 1. The maximum atomic E-state index is 10.0. The van der Waals surface area contributed by atoms with Gasteiger partial charge in [-0.15, -0.1) is 0 Å². The predicted octanol–water partition coefficient (Wildman–Crippen LogP) is 2.01. The van der Waals surface area contributed by atoms with Crippen molar-refractivity contribution in [1.82, 2.24) is 4.90 Å². The number of nitrogen functional groups attached to an aromatic ring is 1. The molecule has 1 saturated heterocycles. The third-order valence-corrected chi connectivity index (χ3v) is 3.54. The maximum absolute atomic E-state index is 10.0. The zero-order valence-electron chi connectivity index (χ0n) is 10.5. The van der Waals surface area contributed by atoms with Gasteiger partial charge in [0.25, 0.3) is 0 Å². The van der Waals surface area contributed by atoms with Crippen molar-refractivity contribution in [2.24, 2.45) is 0 Å². The van der Waals surface area contributed by atoms with E-state index in [2.05, 4.69) is 17.0 Å². The van der Waals surface area contributed by atoms with Crippen molar-refractivity contribution < 1.29 is 5.11 Å². The molecule has 1 aromatic carbocycles. The Morgan fingerprint density at radius 3 is 2.65 bits per heavy atom. The Balaban J connectivity index is 1.93. The first kappa shape index (κ1) is 12.4. The number of hydrogen-bond donors (Lipinski definition) is 2. The molecule has 1 unspecified atom stereocenters. The molecule has 1 atom stereocenters. The van der Waals surface area contributed by atoms with Gasteiger partial charge in [0.05, 0.1) is 5.60 Å². The Kier molecular flexibility index (Phi) is 3.69. The molecule has 0 bridgehead atoms. The number of rotatable bonds is 2. The molecule has 0 amide bonds. The van der Waals surface area contributed by atoms with Gasteiger partial charge in [-0.1, -0.05) is 12.1 Å². The SMILES string of the molecule is CC1(O)CCCN(Cc2ccc(N)cc2)CC1. The molecule has 3 N–H and O–H groups in total. The second-order valence-corrected chi connectivity index (χ2v) is 5.37. The summed E-state index contributed by atoms with van der Waals surface area (Å²) in [5, 5.41) is 10.0. The standard InChI is InChI=1S/C14H22N2O/c1-14(17)7-2-9-16(10-8-14)11-12-3-5-13(15)6-4-12/h3-6,17H,2,7-11,15H2,1H3. The molecular weight excluding hydrogens is 212 g/mol. The minimum Gasteiger partial charge on any atom is -0.399 e. The van der Waals surface area contributed by atoms with Crippen LogP contribution in [0.3, 0.4) is 0 Å². The van der Waals surface area contributed by atoms with Crippen molar-refractivity contribution in [1.29, 1.82) is 0 Å². The summed E-state index contributed by atoms with van der Waals surface area (Å²) in [7, 11) is 0. The van der Waals surface area contributed by atoms with Crippen LogP contribution in [0.15, 0.2) is 24.3 Å². The molecule has 17 heavy (non-hydrogen) atoms. The molecule has 1 fully saturated rings. The van der Waals surface area contributed by atoms with Crippen molar-refractivity contribution >= 4 is 5.69 Å². The van der Waals surface area contributed by atoms with Crippen LogP contribution in [0, 0.1) is 0 Å². The van der Waals surface area contributed by atoms with Crippen molar-refractivity contribution in [3.8, 4) is 0 Å². The van der Waals surface area contributed by atoms with E-state index in [1.807, 2.05) is 19.1 Å². The average molecular weight is 234 g/mol. The van der Waals surface area contributed by atoms with E-state index in [0.29, 0.717) is 0 Å². The summed E-state index contributed by atoms with van der Waals surface area (Å²) >= 11 is 0. The van der Waals surface area contributed by atoms with E-state index in [0.717, 1.165) is 44.6 Å². The van der Waals surface area contributed by atoms with Crippen LogP contribution in [0.1, 0.15) is 31.7 Å². The van der Waals surface area contributed by atoms with Crippen molar-refractivity contribution in [2.45, 2.75) is 38.3 Å². The van der Waals surface area contributed by atoms with Gasteiger partial charge in [0.15, 0.2) is 0 Å². The molecule has 1 heterocycles. The first-order valence-electron chi connectivity index (χ1n) is 6.34. The Morgan fingerprint density at radius 1 is 1.24 bits per heavy atom. The molecule has 0 aromatic heterocycles. The van der Waals surface area contributed by atoms with Gasteiger partial charge in [-0.3, -0.25) is 4.90 Å². The van der Waals surface area contributed by atoms with Crippen LogP contribution in [0.25, 0.3) is 0 Å². The van der Waals surface area contributed by atoms with Gasteiger partial charge in [-0.25, -0.2) is 0 Å². The molecule has 1 aliphatic heterocycles. The quantitative estimate of drug-likeness (QED) is 0.770. The van der Waals surface area contributed by atoms with E-state index in [9.17, 15) is 5.11 Å². The van der Waals surface area contributed by atoms with E-state index in [1.165, 1.54) is 5.56 Å². The molecular formula is C14H22N2O. The number of benzene rings is 1. The molecule has 1 aliphatic rings. The molecule has 0 radical (unpaired) electrons. The number of aliphatic hydroxyl groups is 1. The first-order chi connectivity index (χ1) is 8.05. The van der Waals surface area contributed by atoms with Crippen LogP contribution in [0.2, 0.25) is 0 Å². The Bertz CT molecular complexity index is 359. The fourth-order valence-corrected chi connectivity index (χ4v) is 2.36. The summed E-state index contributed by atoms with van der Waals surface area (Å²) in [6, 6.07) is 8.06. The second kappa shape index (κ2) is 5.07. The second-order valence-electron chi connectivity index (χ2n) is 5.37. The zero-order valence-corrected chi connectivity index (χ0v) is 10.5. The molecule has 1 aromatic rings. The lowest BCUT2D eigenvalue weighted by atomic mass is 9.98. The predicted molar refractivity (Wildman–Crippen MR) is 70.6 cm³/mol. The highest BCUT2D eigenvalue weighted by molar-refractivity contribution is 5.39. The van der Waals surface area contributed by atoms with Crippen LogP contribution >= 0.6 is 0 Å². The number of hydrogen-bond acceptors (Lipinski definition) is 3. The van der Waals surface area contributed by atoms with Gasteiger partial charge in [-0.05, 0) is 50.4 Å². The summed E-state index contributed by atoms with van der Waals surface area (Å²) in [5.41, 5.74) is 7.30. The van der Waals surface area contributed by atoms with E-state index < -0.39 is 5.60 Å². The molecule has 3 nitrogen and oxygen atoms in total. The smallest absolute Gasteiger partial charge is 0.0632 e. The van der Waals surface area contributed by atoms with E-state index in [4.69, 9.17) is 5.73 Å². The lowest BCUT2D eigenvalue weighted by Gasteiger charge is -2.22. The molecule has 2 rings (SSSR count). The first-order valence-corrected chi connectivity index (χ1v) is 6.34. The normalized spacial score (nSPS) is 26.7. The van der Waals surface area contributed by atoms with Crippen LogP contribution in [-0.2, 0) is 6.54 Å². The summed E-state index contributed by atoms with van der Waals surface area (Å²) in [4.78, 5) is 2.41. The van der Waals surface area contributed by atoms with Crippen molar-refractivity contribution in [2.75, 3.05) is 18.8 Å². The fourth-order valence-electron chi connectivity index (χ4n) is 2.36. The third-order valence-electron chi connectivity index (χ3n) is 3.54. The highest BCUT2D eigenvalue weighted by Crippen LogP contribution is 2.22.